The maximum atomic E-state index is 17.6. The van der Waals surface area contributed by atoms with Crippen molar-refractivity contribution in [3.8, 4) is 0 Å². The minimum absolute atomic E-state index is 0.0242. The number of allylic oxidation sites excluding steroid dienone is 1. The molecule has 5 saturated heterocycles. The largest absolute Gasteiger partial charge is 0.469 e. The van der Waals surface area contributed by atoms with Gasteiger partial charge >= 0.3 is 11.9 Å². The summed E-state index contributed by atoms with van der Waals surface area (Å²) in [6.07, 6.45) is 25.1. The summed E-state index contributed by atoms with van der Waals surface area (Å²) in [6, 6.07) is 13.2. The Morgan fingerprint density at radius 2 is 1.69 bits per heavy atom. The number of hydrogen-bond acceptors (Lipinski definition) is 13. The number of esters is 2. The average Bonchev–Trinajstić information content (AvgIpc) is 1.44. The minimum Gasteiger partial charge on any atom is -0.469 e. The summed E-state index contributed by atoms with van der Waals surface area (Å²) in [5.74, 6) is 0.424. The Morgan fingerprint density at radius 1 is 0.859 bits per heavy atom. The van der Waals surface area contributed by atoms with Crippen molar-refractivity contribution in [3.63, 3.8) is 0 Å². The number of ether oxygens (including phenoxy) is 4. The first-order valence-corrected chi connectivity index (χ1v) is 34.5. The molecule has 0 amide bonds. The van der Waals surface area contributed by atoms with E-state index in [1.165, 1.54) is 36.8 Å². The van der Waals surface area contributed by atoms with Gasteiger partial charge < -0.3 is 43.6 Å². The van der Waals surface area contributed by atoms with Crippen LogP contribution in [0.25, 0.3) is 0 Å². The third-order valence-electron chi connectivity index (χ3n) is 29.7. The number of hydrogen-bond donors (Lipinski definition) is 4. The van der Waals surface area contributed by atoms with Crippen LogP contribution in [-0.2, 0) is 46.2 Å². The maximum Gasteiger partial charge on any atom is 0.339 e. The van der Waals surface area contributed by atoms with Gasteiger partial charge in [-0.05, 0) is 183 Å². The van der Waals surface area contributed by atoms with Crippen LogP contribution < -0.4 is 5.32 Å². The van der Waals surface area contributed by atoms with Gasteiger partial charge in [0.25, 0.3) is 0 Å². The molecule has 1 aromatic carbocycles. The first kappa shape index (κ1) is 54.1. The number of cyclic esters (lactones) is 2. The fourth-order valence-electron chi connectivity index (χ4n) is 27.2. The van der Waals surface area contributed by atoms with Crippen molar-refractivity contribution in [2.45, 2.75) is 202 Å². The molecule has 456 valence electrons. The zero-order chi connectivity index (χ0) is 57.4. The van der Waals surface area contributed by atoms with Gasteiger partial charge in [0.05, 0.1) is 48.5 Å². The van der Waals surface area contributed by atoms with Crippen LogP contribution in [0.4, 0.5) is 0 Å². The van der Waals surface area contributed by atoms with E-state index in [9.17, 15) is 15.3 Å². The van der Waals surface area contributed by atoms with Gasteiger partial charge in [0.15, 0.2) is 11.9 Å². The molecule has 18 rings (SSSR count). The van der Waals surface area contributed by atoms with E-state index in [4.69, 9.17) is 23.4 Å². The maximum absolute atomic E-state index is 17.6. The average molecular weight is 1160 g/mol. The highest BCUT2D eigenvalue weighted by molar-refractivity contribution is 5.94. The van der Waals surface area contributed by atoms with Gasteiger partial charge in [-0.15, -0.1) is 0 Å². The van der Waals surface area contributed by atoms with Gasteiger partial charge in [0.2, 0.25) is 0 Å². The number of aliphatic hydroxyl groups excluding tert-OH is 3. The summed E-state index contributed by atoms with van der Waals surface area (Å²) in [6.45, 7) is 6.34. The molecule has 14 fully saturated rings. The number of rotatable bonds is 11. The van der Waals surface area contributed by atoms with Crippen molar-refractivity contribution in [2.24, 2.45) is 110 Å². The molecule has 9 aliphatic carbocycles. The second-order valence-corrected chi connectivity index (χ2v) is 32.1. The summed E-state index contributed by atoms with van der Waals surface area (Å²) in [5, 5.41) is 41.2. The Bertz CT molecular complexity index is 3140. The summed E-state index contributed by atoms with van der Waals surface area (Å²) in [5.41, 5.74) is -3.79. The molecule has 13 heteroatoms. The van der Waals surface area contributed by atoms with Gasteiger partial charge in [-0.25, -0.2) is 4.79 Å². The molecule has 7 aliphatic heterocycles. The summed E-state index contributed by atoms with van der Waals surface area (Å²) in [4.78, 5) is 51.5. The lowest BCUT2D eigenvalue weighted by Crippen LogP contribution is -2.82. The van der Waals surface area contributed by atoms with Crippen LogP contribution in [0.5, 0.6) is 0 Å². The number of carbonyl (C=O) groups excluding carboxylic acids is 3. The van der Waals surface area contributed by atoms with Crippen LogP contribution in [-0.4, -0.2) is 106 Å². The van der Waals surface area contributed by atoms with Crippen molar-refractivity contribution >= 4 is 17.7 Å². The first-order chi connectivity index (χ1) is 41.3. The van der Waals surface area contributed by atoms with Gasteiger partial charge in [0.1, 0.15) is 35.8 Å². The molecule has 2 aromatic rings. The molecule has 9 saturated carbocycles. The van der Waals surface area contributed by atoms with Crippen molar-refractivity contribution in [2.75, 3.05) is 26.4 Å². The highest BCUT2D eigenvalue weighted by atomic mass is 16.7. The van der Waals surface area contributed by atoms with Crippen molar-refractivity contribution < 1.29 is 53.1 Å². The van der Waals surface area contributed by atoms with Crippen LogP contribution in [0, 0.1) is 110 Å². The van der Waals surface area contributed by atoms with E-state index in [1.54, 1.807) is 6.26 Å². The summed E-state index contributed by atoms with van der Waals surface area (Å²) >= 11 is 0. The predicted octanol–water partition coefficient (Wildman–Crippen LogP) is 10.00. The van der Waals surface area contributed by atoms with Gasteiger partial charge in [-0.2, -0.15) is 0 Å². The molecule has 13 nitrogen and oxygen atoms in total. The lowest BCUT2D eigenvalue weighted by molar-refractivity contribution is -0.301. The molecule has 16 aliphatic rings. The molecule has 0 radical (unpaired) electrons. The summed E-state index contributed by atoms with van der Waals surface area (Å²) in [7, 11) is 0. The van der Waals surface area contributed by atoms with Crippen molar-refractivity contribution in [1.82, 2.24) is 10.2 Å². The number of benzene rings is 1. The summed E-state index contributed by atoms with van der Waals surface area (Å²) < 4.78 is 37.0. The number of carbonyl (C=O) groups is 3. The molecule has 8 heterocycles. The zero-order valence-corrected chi connectivity index (χ0v) is 50.3. The molecule has 1 aromatic heterocycles. The highest BCUT2D eigenvalue weighted by Crippen LogP contribution is 2.90. The number of epoxide rings is 1. The van der Waals surface area contributed by atoms with Gasteiger partial charge in [-0.1, -0.05) is 108 Å². The van der Waals surface area contributed by atoms with E-state index in [1.807, 2.05) is 6.07 Å². The number of furan rings is 1. The van der Waals surface area contributed by atoms with Crippen LogP contribution in [0.1, 0.15) is 165 Å². The third-order valence-corrected chi connectivity index (χ3v) is 29.7. The molecular formula is C72H92N2O11. The Labute approximate surface area is 501 Å². The topological polar surface area (TPSA) is 181 Å². The van der Waals surface area contributed by atoms with E-state index in [0.717, 1.165) is 115 Å². The zero-order valence-electron chi connectivity index (χ0n) is 50.3. The van der Waals surface area contributed by atoms with E-state index < -0.39 is 80.7 Å². The van der Waals surface area contributed by atoms with Gasteiger partial charge in [0, 0.05) is 41.3 Å². The molecule has 5 spiro atoms. The molecule has 26 unspecified atom stereocenters. The lowest BCUT2D eigenvalue weighted by atomic mass is 9.29. The number of nitrogens with one attached hydrogen (secondary N) is 1. The van der Waals surface area contributed by atoms with E-state index in [2.05, 4.69) is 72.7 Å². The number of aliphatic hydroxyl groups is 3. The second kappa shape index (κ2) is 18.6. The van der Waals surface area contributed by atoms with E-state index in [-0.39, 0.29) is 72.3 Å². The van der Waals surface area contributed by atoms with Crippen molar-refractivity contribution in [1.29, 1.82) is 0 Å². The van der Waals surface area contributed by atoms with Crippen LogP contribution in [0.2, 0.25) is 0 Å². The number of Topliss-reactive ketones (excluding diaryl/α,β-unsaturated/α-hetero) is 1. The quantitative estimate of drug-likeness (QED) is 0.0950. The molecular weight excluding hydrogens is 1070 g/mol. The van der Waals surface area contributed by atoms with Crippen LogP contribution >= 0.6 is 0 Å². The highest BCUT2D eigenvalue weighted by Gasteiger charge is 2.99. The lowest BCUT2D eigenvalue weighted by Gasteiger charge is -2.73. The van der Waals surface area contributed by atoms with Gasteiger partial charge in [-0.3, -0.25) is 14.9 Å². The van der Waals surface area contributed by atoms with E-state index >= 15 is 14.4 Å². The SMILES string of the molecule is CC(C1CCCC1)C1CCCC23OC45C(=CC12)CC1CCCC12CC1CC6(C)C(c7ccoc7CC(C(O)CO)C7CCC8C(C=CN9CNCC89)C7)OC(=O)C7OC76C6(C7CCCC(Cc8ccccc8)C7)C(O)C(=O)C3C4(COC(=O)C25)C16. The second-order valence-electron chi connectivity index (χ2n) is 32.1. The minimum atomic E-state index is -1.48. The molecule has 26 atom stereocenters. The number of nitrogens with zero attached hydrogens (tertiary/aromatic N) is 1. The molecule has 85 heavy (non-hydrogen) atoms. The fraction of sp³-hybridized carbons (Fsp3) is 0.764. The first-order valence-electron chi connectivity index (χ1n) is 34.5. The Balaban J connectivity index is 0.820. The molecule has 5 bridgehead atoms. The van der Waals surface area contributed by atoms with Crippen molar-refractivity contribution in [3.05, 3.63) is 83.5 Å². The monoisotopic (exact) mass is 1160 g/mol. The predicted molar refractivity (Wildman–Crippen MR) is 312 cm³/mol. The fourth-order valence-corrected chi connectivity index (χ4v) is 27.2. The van der Waals surface area contributed by atoms with Crippen LogP contribution in [0.15, 0.2) is 71.0 Å². The number of ketones is 1. The molecule has 4 N–H and O–H groups in total. The standard InChI is InChI=1S/C72H92N2O11/c1-39(42-14-6-7-15-42)49-18-10-24-69-53(49)31-48-30-46-17-9-23-67(46)34-45-33-66(2)62(51-22-26-81-56(51)32-52(55(76)36-75)43-19-20-50-44(29-43)21-25-74-38-73-35-54(50)74)83-65(80)63-72(66,84-63)70(47-16-8-13-41(28-47)27-40-11-4-3-5-12-40)58(45)68(59(69)57(77)61(70)78)37-82-64(79)60(67)71(48,68)85-69/h3-5,11-12,21-22,25-26,31,39,41-47,49-50,52-55,58-63,73,75-76,78H,6-10,13-20,23-24,27-30,32-38H2,1-2H3. The van der Waals surface area contributed by atoms with E-state index in [0.29, 0.717) is 60.7 Å². The Hall–Kier alpha value is -3.85. The normalized spacial score (nSPS) is 51.1. The third kappa shape index (κ3) is 6.56. The number of fused-ring (bicyclic) bond motifs is 3. The van der Waals surface area contributed by atoms with Crippen LogP contribution in [0.3, 0.4) is 0 Å². The smallest absolute Gasteiger partial charge is 0.339 e. The Kier molecular flexibility index (Phi) is 11.9. The Morgan fingerprint density at radius 3 is 2.54 bits per heavy atom.